The average Bonchev–Trinajstić information content (AvgIpc) is 2.70. The van der Waals surface area contributed by atoms with Crippen molar-refractivity contribution >= 4 is 11.8 Å². The molecule has 2 saturated heterocycles. The molecule has 2 aliphatic rings. The molecule has 0 unspecified atom stereocenters. The summed E-state index contributed by atoms with van der Waals surface area (Å²) >= 11 is 0. The molecule has 2 aliphatic heterocycles. The molecule has 132 valence electrons. The van der Waals surface area contributed by atoms with E-state index < -0.39 is 0 Å². The molecule has 0 atom stereocenters. The highest BCUT2D eigenvalue weighted by Crippen LogP contribution is 2.20. The molecule has 0 spiro atoms. The van der Waals surface area contributed by atoms with E-state index >= 15 is 0 Å². The average molecular weight is 338 g/mol. The van der Waals surface area contributed by atoms with Crippen LogP contribution in [-0.4, -0.2) is 59.1 Å². The van der Waals surface area contributed by atoms with E-state index in [-0.39, 0.29) is 0 Å². The third kappa shape index (κ3) is 4.07. The molecule has 6 nitrogen and oxygen atoms in total. The highest BCUT2D eigenvalue weighted by Gasteiger charge is 2.20. The van der Waals surface area contributed by atoms with Crippen molar-refractivity contribution in [1.29, 1.82) is 0 Å². The largest absolute Gasteiger partial charge is 0.354 e. The van der Waals surface area contributed by atoms with Gasteiger partial charge in [-0.3, -0.25) is 9.88 Å². The van der Waals surface area contributed by atoms with Crippen LogP contribution in [0.1, 0.15) is 25.0 Å². The molecular weight excluding hydrogens is 312 g/mol. The topological polar surface area (TPSA) is 48.4 Å². The number of piperazine rings is 1. The Bertz CT molecular complexity index is 663. The number of hydrogen-bond donors (Lipinski definition) is 0. The van der Waals surface area contributed by atoms with Crippen molar-refractivity contribution in [2.75, 3.05) is 49.1 Å². The Labute approximate surface area is 149 Å². The lowest BCUT2D eigenvalue weighted by Gasteiger charge is -2.35. The monoisotopic (exact) mass is 338 g/mol. The number of rotatable bonds is 4. The quantitative estimate of drug-likeness (QED) is 0.852. The third-order valence-corrected chi connectivity index (χ3v) is 5.08. The molecule has 2 fully saturated rings. The highest BCUT2D eigenvalue weighted by molar-refractivity contribution is 5.44. The zero-order chi connectivity index (χ0) is 16.9. The number of pyridine rings is 1. The Hall–Kier alpha value is -2.21. The minimum Gasteiger partial charge on any atom is -0.354 e. The second-order valence-electron chi connectivity index (χ2n) is 6.85. The Kier molecular flexibility index (Phi) is 5.06. The van der Waals surface area contributed by atoms with Gasteiger partial charge in [0.1, 0.15) is 5.82 Å². The van der Waals surface area contributed by atoms with Gasteiger partial charge in [-0.2, -0.15) is 4.98 Å². The van der Waals surface area contributed by atoms with E-state index in [2.05, 4.69) is 36.8 Å². The Morgan fingerprint density at radius 3 is 2.36 bits per heavy atom. The molecule has 0 aromatic carbocycles. The molecule has 6 heteroatoms. The maximum absolute atomic E-state index is 4.84. The fraction of sp³-hybridized carbons (Fsp3) is 0.526. The summed E-state index contributed by atoms with van der Waals surface area (Å²) in [6.07, 6.45) is 7.61. The molecule has 2 aromatic heterocycles. The van der Waals surface area contributed by atoms with E-state index in [4.69, 9.17) is 4.98 Å². The Morgan fingerprint density at radius 1 is 0.760 bits per heavy atom. The number of anilines is 2. The fourth-order valence-corrected chi connectivity index (χ4v) is 3.62. The number of nitrogens with zero attached hydrogens (tertiary/aromatic N) is 6. The Balaban J connectivity index is 1.36. The minimum absolute atomic E-state index is 0.896. The van der Waals surface area contributed by atoms with Crippen molar-refractivity contribution in [1.82, 2.24) is 19.9 Å². The molecular formula is C19H26N6. The van der Waals surface area contributed by atoms with Crippen LogP contribution in [0.15, 0.2) is 36.7 Å². The molecule has 0 amide bonds. The smallest absolute Gasteiger partial charge is 0.227 e. The summed E-state index contributed by atoms with van der Waals surface area (Å²) in [6.45, 7) is 7.19. The van der Waals surface area contributed by atoms with Crippen molar-refractivity contribution in [3.8, 4) is 0 Å². The summed E-state index contributed by atoms with van der Waals surface area (Å²) in [4.78, 5) is 20.9. The van der Waals surface area contributed by atoms with Gasteiger partial charge in [-0.25, -0.2) is 4.98 Å². The molecule has 0 aliphatic carbocycles. The zero-order valence-electron chi connectivity index (χ0n) is 14.7. The zero-order valence-corrected chi connectivity index (χ0v) is 14.7. The van der Waals surface area contributed by atoms with Crippen LogP contribution in [0.3, 0.4) is 0 Å². The second kappa shape index (κ2) is 7.78. The van der Waals surface area contributed by atoms with Gasteiger partial charge in [0.05, 0.1) is 5.69 Å². The first-order valence-corrected chi connectivity index (χ1v) is 9.34. The predicted molar refractivity (Wildman–Crippen MR) is 99.8 cm³/mol. The molecule has 4 rings (SSSR count). The first-order valence-electron chi connectivity index (χ1n) is 9.34. The van der Waals surface area contributed by atoms with E-state index in [1.807, 2.05) is 24.5 Å². The lowest BCUT2D eigenvalue weighted by Crippen LogP contribution is -2.46. The molecule has 2 aromatic rings. The highest BCUT2D eigenvalue weighted by atomic mass is 15.3. The standard InChI is InChI=1S/C19H26N6/c1-4-10-25(11-5-1)19-21-9-7-18(22-19)24-14-12-23(13-15-24)16-17-6-2-3-8-20-17/h2-3,6-9H,1,4-5,10-16H2. The van der Waals surface area contributed by atoms with Gasteiger partial charge in [-0.1, -0.05) is 6.07 Å². The summed E-state index contributed by atoms with van der Waals surface area (Å²) in [5, 5.41) is 0. The maximum Gasteiger partial charge on any atom is 0.227 e. The SMILES string of the molecule is c1ccc(CN2CCN(c3ccnc(N4CCCCC4)n3)CC2)nc1. The van der Waals surface area contributed by atoms with Gasteiger partial charge in [-0.05, 0) is 37.5 Å². The molecule has 0 N–H and O–H groups in total. The van der Waals surface area contributed by atoms with Crippen LogP contribution in [0.5, 0.6) is 0 Å². The van der Waals surface area contributed by atoms with E-state index in [0.29, 0.717) is 0 Å². The van der Waals surface area contributed by atoms with Gasteiger partial charge in [0, 0.05) is 58.2 Å². The van der Waals surface area contributed by atoms with Crippen LogP contribution in [0.2, 0.25) is 0 Å². The van der Waals surface area contributed by atoms with Crippen LogP contribution in [-0.2, 0) is 6.54 Å². The van der Waals surface area contributed by atoms with Crippen molar-refractivity contribution in [3.05, 3.63) is 42.4 Å². The van der Waals surface area contributed by atoms with E-state index in [9.17, 15) is 0 Å². The molecule has 0 saturated carbocycles. The van der Waals surface area contributed by atoms with Gasteiger partial charge in [-0.15, -0.1) is 0 Å². The number of piperidine rings is 1. The van der Waals surface area contributed by atoms with E-state index in [1.165, 1.54) is 19.3 Å². The first kappa shape index (κ1) is 16.3. The summed E-state index contributed by atoms with van der Waals surface area (Å²) < 4.78 is 0. The minimum atomic E-state index is 0.896. The van der Waals surface area contributed by atoms with Crippen molar-refractivity contribution < 1.29 is 0 Å². The van der Waals surface area contributed by atoms with Crippen LogP contribution >= 0.6 is 0 Å². The molecule has 25 heavy (non-hydrogen) atoms. The Morgan fingerprint density at radius 2 is 1.60 bits per heavy atom. The van der Waals surface area contributed by atoms with Gasteiger partial charge in [0.25, 0.3) is 0 Å². The van der Waals surface area contributed by atoms with Crippen LogP contribution in [0.4, 0.5) is 11.8 Å². The maximum atomic E-state index is 4.84. The van der Waals surface area contributed by atoms with Gasteiger partial charge < -0.3 is 9.80 Å². The second-order valence-corrected chi connectivity index (χ2v) is 6.85. The van der Waals surface area contributed by atoms with Crippen molar-refractivity contribution in [2.24, 2.45) is 0 Å². The third-order valence-electron chi connectivity index (χ3n) is 5.08. The van der Waals surface area contributed by atoms with Crippen molar-refractivity contribution in [3.63, 3.8) is 0 Å². The molecule has 4 heterocycles. The molecule has 0 radical (unpaired) electrons. The van der Waals surface area contributed by atoms with E-state index in [0.717, 1.165) is 63.3 Å². The van der Waals surface area contributed by atoms with Gasteiger partial charge in [0.2, 0.25) is 5.95 Å². The predicted octanol–water partition coefficient (Wildman–Crippen LogP) is 2.18. The first-order chi connectivity index (χ1) is 12.4. The van der Waals surface area contributed by atoms with Crippen molar-refractivity contribution in [2.45, 2.75) is 25.8 Å². The van der Waals surface area contributed by atoms with Crippen LogP contribution in [0, 0.1) is 0 Å². The molecule has 0 bridgehead atoms. The number of hydrogen-bond acceptors (Lipinski definition) is 6. The summed E-state index contributed by atoms with van der Waals surface area (Å²) in [5.41, 5.74) is 1.14. The lowest BCUT2D eigenvalue weighted by molar-refractivity contribution is 0.246. The van der Waals surface area contributed by atoms with E-state index in [1.54, 1.807) is 0 Å². The van der Waals surface area contributed by atoms with Gasteiger partial charge >= 0.3 is 0 Å². The summed E-state index contributed by atoms with van der Waals surface area (Å²) in [7, 11) is 0. The van der Waals surface area contributed by atoms with Crippen LogP contribution in [0.25, 0.3) is 0 Å². The summed E-state index contributed by atoms with van der Waals surface area (Å²) in [5.74, 6) is 1.96. The lowest BCUT2D eigenvalue weighted by atomic mass is 10.1. The summed E-state index contributed by atoms with van der Waals surface area (Å²) in [6, 6.07) is 8.17. The normalized spacial score (nSPS) is 19.2. The van der Waals surface area contributed by atoms with Gasteiger partial charge in [0.15, 0.2) is 0 Å². The number of aromatic nitrogens is 3. The fourth-order valence-electron chi connectivity index (χ4n) is 3.62. The van der Waals surface area contributed by atoms with Crippen LogP contribution < -0.4 is 9.80 Å².